The number of likely N-dealkylation sites (tertiary alicyclic amines) is 1. The highest BCUT2D eigenvalue weighted by Crippen LogP contribution is 2.31. The molecule has 1 aliphatic rings. The van der Waals surface area contributed by atoms with Gasteiger partial charge in [0.15, 0.2) is 5.82 Å². The number of carbonyl (C=O) groups excluding carboxylic acids is 1. The molecule has 1 unspecified atom stereocenters. The lowest BCUT2D eigenvalue weighted by Gasteiger charge is -2.33. The number of carbonyl (C=O) groups is 1. The van der Waals surface area contributed by atoms with Crippen molar-refractivity contribution < 1.29 is 9.32 Å². The van der Waals surface area contributed by atoms with Crippen LogP contribution in [0.2, 0.25) is 0 Å². The topological polar surface area (TPSA) is 75.0 Å². The summed E-state index contributed by atoms with van der Waals surface area (Å²) in [7, 11) is 0. The number of para-hydroxylation sites is 1. The Morgan fingerprint density at radius 1 is 1.33 bits per heavy atom. The monoisotopic (exact) mass is 366 g/mol. The molecule has 27 heavy (non-hydrogen) atoms. The molecule has 3 aromatic rings. The Morgan fingerprint density at radius 2 is 2.19 bits per heavy atom. The summed E-state index contributed by atoms with van der Waals surface area (Å²) in [5.74, 6) is 1.67. The lowest BCUT2D eigenvalue weighted by Crippen LogP contribution is -2.38. The molecule has 0 spiro atoms. The van der Waals surface area contributed by atoms with Gasteiger partial charge in [0.1, 0.15) is 6.04 Å². The largest absolute Gasteiger partial charge is 0.361 e. The summed E-state index contributed by atoms with van der Waals surface area (Å²) in [6.45, 7) is 4.84. The first-order valence-electron chi connectivity index (χ1n) is 9.81. The number of piperidine rings is 1. The van der Waals surface area contributed by atoms with Crippen molar-refractivity contribution >= 4 is 16.8 Å². The summed E-state index contributed by atoms with van der Waals surface area (Å²) in [4.78, 5) is 22.7. The second kappa shape index (κ2) is 7.55. The second-order valence-electron chi connectivity index (χ2n) is 7.60. The summed E-state index contributed by atoms with van der Waals surface area (Å²) in [5.41, 5.74) is 2.30. The van der Waals surface area contributed by atoms with Crippen LogP contribution in [0.25, 0.3) is 10.9 Å². The summed E-state index contributed by atoms with van der Waals surface area (Å²) in [6, 6.07) is 8.12. The van der Waals surface area contributed by atoms with Crippen LogP contribution >= 0.6 is 0 Å². The Balaban J connectivity index is 1.47. The van der Waals surface area contributed by atoms with Gasteiger partial charge < -0.3 is 14.4 Å². The lowest BCUT2D eigenvalue weighted by molar-refractivity contribution is -0.135. The van der Waals surface area contributed by atoms with Crippen LogP contribution < -0.4 is 0 Å². The van der Waals surface area contributed by atoms with Crippen LogP contribution in [0, 0.1) is 0 Å². The second-order valence-corrected chi connectivity index (χ2v) is 7.60. The van der Waals surface area contributed by atoms with Crippen LogP contribution in [0.5, 0.6) is 0 Å². The fourth-order valence-corrected chi connectivity index (χ4v) is 3.83. The fraction of sp³-hybridized carbons (Fsp3) is 0.476. The maximum atomic E-state index is 13.0. The van der Waals surface area contributed by atoms with Gasteiger partial charge in [-0.3, -0.25) is 4.79 Å². The SMILES string of the molecule is CC(C)c1noc(C2CCCCN2C(=O)CCc2c[nH]c3ccccc23)n1. The average molecular weight is 366 g/mol. The van der Waals surface area contributed by atoms with Crippen molar-refractivity contribution in [2.24, 2.45) is 0 Å². The third kappa shape index (κ3) is 3.61. The van der Waals surface area contributed by atoms with Crippen molar-refractivity contribution in [1.82, 2.24) is 20.0 Å². The Morgan fingerprint density at radius 3 is 3.00 bits per heavy atom. The molecule has 1 atom stereocenters. The molecule has 1 N–H and O–H groups in total. The third-order valence-corrected chi connectivity index (χ3v) is 5.37. The van der Waals surface area contributed by atoms with Crippen molar-refractivity contribution in [2.75, 3.05) is 6.54 Å². The molecule has 1 aromatic carbocycles. The van der Waals surface area contributed by atoms with E-state index in [2.05, 4.69) is 27.3 Å². The predicted octanol–water partition coefficient (Wildman–Crippen LogP) is 4.36. The molecule has 6 heteroatoms. The van der Waals surface area contributed by atoms with Gasteiger partial charge in [-0.25, -0.2) is 0 Å². The van der Waals surface area contributed by atoms with E-state index in [4.69, 9.17) is 4.52 Å². The van der Waals surface area contributed by atoms with E-state index in [1.165, 1.54) is 10.9 Å². The molecule has 1 amide bonds. The number of amides is 1. The van der Waals surface area contributed by atoms with Gasteiger partial charge in [0.25, 0.3) is 0 Å². The van der Waals surface area contributed by atoms with E-state index in [0.717, 1.165) is 37.7 Å². The van der Waals surface area contributed by atoms with E-state index in [9.17, 15) is 4.79 Å². The molecular formula is C21H26N4O2. The number of fused-ring (bicyclic) bond motifs is 1. The minimum absolute atomic E-state index is 0.0887. The Kier molecular flexibility index (Phi) is 4.97. The van der Waals surface area contributed by atoms with Gasteiger partial charge in [-0.05, 0) is 37.3 Å². The summed E-state index contributed by atoms with van der Waals surface area (Å²) in [6.07, 6.45) is 6.23. The van der Waals surface area contributed by atoms with Crippen LogP contribution in [-0.2, 0) is 11.2 Å². The maximum Gasteiger partial charge on any atom is 0.249 e. The molecule has 6 nitrogen and oxygen atoms in total. The zero-order valence-electron chi connectivity index (χ0n) is 15.9. The van der Waals surface area contributed by atoms with Crippen LogP contribution in [0.3, 0.4) is 0 Å². The van der Waals surface area contributed by atoms with E-state index in [1.807, 2.05) is 37.1 Å². The van der Waals surface area contributed by atoms with Gasteiger partial charge in [0.05, 0.1) is 0 Å². The normalized spacial score (nSPS) is 17.7. The molecule has 2 aromatic heterocycles. The highest BCUT2D eigenvalue weighted by atomic mass is 16.5. The van der Waals surface area contributed by atoms with Crippen LogP contribution in [0.4, 0.5) is 0 Å². The number of aromatic amines is 1. The number of aryl methyl sites for hydroxylation is 1. The van der Waals surface area contributed by atoms with Crippen molar-refractivity contribution in [3.63, 3.8) is 0 Å². The first-order valence-corrected chi connectivity index (χ1v) is 9.81. The van der Waals surface area contributed by atoms with Gasteiger partial charge in [0, 0.05) is 36.0 Å². The van der Waals surface area contributed by atoms with Crippen molar-refractivity contribution in [2.45, 2.75) is 57.9 Å². The average Bonchev–Trinajstić information content (AvgIpc) is 3.34. The van der Waals surface area contributed by atoms with Gasteiger partial charge in [-0.1, -0.05) is 37.2 Å². The highest BCUT2D eigenvalue weighted by Gasteiger charge is 2.32. The van der Waals surface area contributed by atoms with Crippen molar-refractivity contribution in [1.29, 1.82) is 0 Å². The quantitative estimate of drug-likeness (QED) is 0.728. The zero-order valence-corrected chi connectivity index (χ0v) is 15.9. The summed E-state index contributed by atoms with van der Waals surface area (Å²) < 4.78 is 5.49. The molecule has 3 heterocycles. The standard InChI is InChI=1S/C21H26N4O2/c1-14(2)20-23-21(27-24-20)18-9-5-6-12-25(18)19(26)11-10-15-13-22-17-8-4-3-7-16(15)17/h3-4,7-8,13-14,18,22H,5-6,9-12H2,1-2H3. The smallest absolute Gasteiger partial charge is 0.249 e. The molecule has 1 fully saturated rings. The number of hydrogen-bond acceptors (Lipinski definition) is 4. The Hall–Kier alpha value is -2.63. The molecule has 1 aliphatic heterocycles. The molecule has 0 saturated carbocycles. The Bertz CT molecular complexity index is 927. The van der Waals surface area contributed by atoms with E-state index in [0.29, 0.717) is 18.1 Å². The van der Waals surface area contributed by atoms with Crippen LogP contribution in [0.15, 0.2) is 35.0 Å². The Labute approximate surface area is 158 Å². The maximum absolute atomic E-state index is 13.0. The number of hydrogen-bond donors (Lipinski definition) is 1. The summed E-state index contributed by atoms with van der Waals surface area (Å²) >= 11 is 0. The van der Waals surface area contributed by atoms with E-state index in [-0.39, 0.29) is 17.9 Å². The number of H-pyrrole nitrogens is 1. The van der Waals surface area contributed by atoms with E-state index >= 15 is 0 Å². The van der Waals surface area contributed by atoms with Gasteiger partial charge in [-0.15, -0.1) is 0 Å². The molecule has 1 saturated heterocycles. The number of benzene rings is 1. The molecule has 0 radical (unpaired) electrons. The lowest BCUT2D eigenvalue weighted by atomic mass is 10.0. The number of nitrogens with zero attached hydrogens (tertiary/aromatic N) is 3. The van der Waals surface area contributed by atoms with Crippen molar-refractivity contribution in [3.05, 3.63) is 47.7 Å². The molecule has 0 aliphatic carbocycles. The molecule has 142 valence electrons. The van der Waals surface area contributed by atoms with Gasteiger partial charge in [-0.2, -0.15) is 4.98 Å². The highest BCUT2D eigenvalue weighted by molar-refractivity contribution is 5.84. The van der Waals surface area contributed by atoms with Crippen molar-refractivity contribution in [3.8, 4) is 0 Å². The minimum Gasteiger partial charge on any atom is -0.361 e. The summed E-state index contributed by atoms with van der Waals surface area (Å²) in [5, 5.41) is 5.27. The van der Waals surface area contributed by atoms with Gasteiger partial charge >= 0.3 is 0 Å². The third-order valence-electron chi connectivity index (χ3n) is 5.37. The number of nitrogens with one attached hydrogen (secondary N) is 1. The zero-order chi connectivity index (χ0) is 18.8. The van der Waals surface area contributed by atoms with Gasteiger partial charge in [0.2, 0.25) is 11.8 Å². The number of rotatable bonds is 5. The molecule has 0 bridgehead atoms. The first kappa shape index (κ1) is 17.8. The van der Waals surface area contributed by atoms with Crippen LogP contribution in [0.1, 0.15) is 68.8 Å². The van der Waals surface area contributed by atoms with E-state index in [1.54, 1.807) is 0 Å². The molecule has 4 rings (SSSR count). The van der Waals surface area contributed by atoms with E-state index < -0.39 is 0 Å². The minimum atomic E-state index is -0.0887. The molecular weight excluding hydrogens is 340 g/mol. The first-order chi connectivity index (χ1) is 13.1. The number of aromatic nitrogens is 3. The fourth-order valence-electron chi connectivity index (χ4n) is 3.83. The van der Waals surface area contributed by atoms with Crippen LogP contribution in [-0.4, -0.2) is 32.5 Å². The predicted molar refractivity (Wildman–Crippen MR) is 103 cm³/mol.